The van der Waals surface area contributed by atoms with E-state index in [0.717, 1.165) is 12.1 Å². The minimum atomic E-state index is -3.07. The number of hydrogen-bond donors (Lipinski definition) is 1. The van der Waals surface area contributed by atoms with Crippen molar-refractivity contribution in [1.29, 1.82) is 0 Å². The SMILES string of the molecule is CCS(=O)(=O)CCN1N=C(C)C(CCCN)C1=O. The summed E-state index contributed by atoms with van der Waals surface area (Å²) in [7, 11) is -3.07. The maximum Gasteiger partial charge on any atom is 0.251 e. The van der Waals surface area contributed by atoms with Crippen molar-refractivity contribution >= 4 is 21.5 Å². The molecule has 0 aromatic rings. The lowest BCUT2D eigenvalue weighted by atomic mass is 9.99. The van der Waals surface area contributed by atoms with Crippen LogP contribution in [0.15, 0.2) is 5.10 Å². The number of hydrogen-bond acceptors (Lipinski definition) is 5. The van der Waals surface area contributed by atoms with Gasteiger partial charge in [-0.25, -0.2) is 13.4 Å². The van der Waals surface area contributed by atoms with Crippen molar-refractivity contribution in [3.05, 3.63) is 0 Å². The first-order valence-electron chi connectivity index (χ1n) is 6.18. The molecule has 7 heteroatoms. The predicted molar refractivity (Wildman–Crippen MR) is 70.9 cm³/mol. The van der Waals surface area contributed by atoms with Crippen LogP contribution in [0.5, 0.6) is 0 Å². The van der Waals surface area contributed by atoms with E-state index in [1.54, 1.807) is 13.8 Å². The molecule has 1 atom stereocenters. The van der Waals surface area contributed by atoms with Crippen molar-refractivity contribution in [2.24, 2.45) is 16.8 Å². The van der Waals surface area contributed by atoms with E-state index in [4.69, 9.17) is 5.73 Å². The maximum atomic E-state index is 12.0. The van der Waals surface area contributed by atoms with Crippen molar-refractivity contribution in [2.75, 3.05) is 24.6 Å². The van der Waals surface area contributed by atoms with E-state index in [9.17, 15) is 13.2 Å². The van der Waals surface area contributed by atoms with Crippen molar-refractivity contribution < 1.29 is 13.2 Å². The Morgan fingerprint density at radius 2 is 2.11 bits per heavy atom. The minimum absolute atomic E-state index is 0.0321. The third kappa shape index (κ3) is 3.78. The highest BCUT2D eigenvalue weighted by Crippen LogP contribution is 2.20. The van der Waals surface area contributed by atoms with Crippen molar-refractivity contribution in [3.63, 3.8) is 0 Å². The van der Waals surface area contributed by atoms with E-state index in [1.165, 1.54) is 5.01 Å². The topological polar surface area (TPSA) is 92.8 Å². The zero-order valence-electron chi connectivity index (χ0n) is 10.9. The molecular weight excluding hydrogens is 254 g/mol. The number of hydrazone groups is 1. The van der Waals surface area contributed by atoms with Crippen molar-refractivity contribution in [1.82, 2.24) is 5.01 Å². The Bertz CT molecular complexity index is 431. The molecule has 1 aliphatic rings. The molecule has 0 radical (unpaired) electrons. The van der Waals surface area contributed by atoms with Crippen molar-refractivity contribution in [3.8, 4) is 0 Å². The third-order valence-corrected chi connectivity index (χ3v) is 4.77. The van der Waals surface area contributed by atoms with Gasteiger partial charge in [-0.15, -0.1) is 0 Å². The van der Waals surface area contributed by atoms with Gasteiger partial charge in [-0.3, -0.25) is 4.79 Å². The number of sulfone groups is 1. The molecule has 0 spiro atoms. The van der Waals surface area contributed by atoms with Gasteiger partial charge in [0.2, 0.25) is 0 Å². The minimum Gasteiger partial charge on any atom is -0.330 e. The standard InChI is InChI=1S/C11H21N3O3S/c1-3-18(16,17)8-7-14-11(15)10(5-4-6-12)9(2)13-14/h10H,3-8,12H2,1-2H3. The molecule has 2 N–H and O–H groups in total. The van der Waals surface area contributed by atoms with Crippen LogP contribution in [0.4, 0.5) is 0 Å². The highest BCUT2D eigenvalue weighted by molar-refractivity contribution is 7.91. The van der Waals surface area contributed by atoms with Crippen LogP contribution in [0.25, 0.3) is 0 Å². The Labute approximate surface area is 108 Å². The summed E-state index contributed by atoms with van der Waals surface area (Å²) < 4.78 is 22.8. The highest BCUT2D eigenvalue weighted by Gasteiger charge is 2.32. The summed E-state index contributed by atoms with van der Waals surface area (Å²) >= 11 is 0. The second-order valence-electron chi connectivity index (χ2n) is 4.42. The molecule has 18 heavy (non-hydrogen) atoms. The summed E-state index contributed by atoms with van der Waals surface area (Å²) in [5, 5.41) is 5.42. The number of carbonyl (C=O) groups excluding carboxylic acids is 1. The Morgan fingerprint density at radius 3 is 2.67 bits per heavy atom. The third-order valence-electron chi connectivity index (χ3n) is 3.09. The number of rotatable bonds is 7. The average molecular weight is 275 g/mol. The van der Waals surface area contributed by atoms with Crippen molar-refractivity contribution in [2.45, 2.75) is 26.7 Å². The molecule has 1 amide bonds. The summed E-state index contributed by atoms with van der Waals surface area (Å²) in [5.41, 5.74) is 6.17. The number of nitrogens with two attached hydrogens (primary N) is 1. The van der Waals surface area contributed by atoms with Gasteiger partial charge in [0.05, 0.1) is 18.2 Å². The fourth-order valence-corrected chi connectivity index (χ4v) is 2.59. The van der Waals surface area contributed by atoms with E-state index < -0.39 is 9.84 Å². The van der Waals surface area contributed by atoms with Crippen LogP contribution in [-0.2, 0) is 14.6 Å². The van der Waals surface area contributed by atoms with E-state index in [2.05, 4.69) is 5.10 Å². The molecule has 0 aliphatic carbocycles. The molecule has 0 saturated heterocycles. The predicted octanol–water partition coefficient (Wildman–Crippen LogP) is -0.00570. The summed E-state index contributed by atoms with van der Waals surface area (Å²) in [6, 6.07) is 0. The van der Waals surface area contributed by atoms with E-state index in [1.807, 2.05) is 0 Å². The largest absolute Gasteiger partial charge is 0.330 e. The number of nitrogens with zero attached hydrogens (tertiary/aromatic N) is 2. The molecule has 1 unspecified atom stereocenters. The van der Waals surface area contributed by atoms with Gasteiger partial charge in [0.15, 0.2) is 9.84 Å². The molecule has 0 fully saturated rings. The molecule has 0 bridgehead atoms. The molecule has 6 nitrogen and oxygen atoms in total. The van der Waals surface area contributed by atoms with Crippen LogP contribution in [0, 0.1) is 5.92 Å². The zero-order chi connectivity index (χ0) is 13.8. The molecule has 0 aromatic heterocycles. The number of carbonyl (C=O) groups is 1. The number of amides is 1. The summed E-state index contributed by atoms with van der Waals surface area (Å²) in [5.74, 6) is -0.269. The Kier molecular flexibility index (Phi) is 5.28. The van der Waals surface area contributed by atoms with E-state index in [-0.39, 0.29) is 29.9 Å². The normalized spacial score (nSPS) is 20.4. The second-order valence-corrected chi connectivity index (χ2v) is 6.90. The van der Waals surface area contributed by atoms with Crippen LogP contribution in [-0.4, -0.2) is 49.6 Å². The van der Waals surface area contributed by atoms with Gasteiger partial charge in [0.1, 0.15) is 0 Å². The molecule has 0 saturated carbocycles. The van der Waals surface area contributed by atoms with Crippen LogP contribution in [0.2, 0.25) is 0 Å². The lowest BCUT2D eigenvalue weighted by Gasteiger charge is -2.13. The molecule has 0 aromatic carbocycles. The van der Waals surface area contributed by atoms with Gasteiger partial charge in [0.25, 0.3) is 5.91 Å². The molecular formula is C11H21N3O3S. The fraction of sp³-hybridized carbons (Fsp3) is 0.818. The smallest absolute Gasteiger partial charge is 0.251 e. The lowest BCUT2D eigenvalue weighted by molar-refractivity contribution is -0.131. The highest BCUT2D eigenvalue weighted by atomic mass is 32.2. The molecule has 1 aliphatic heterocycles. The summed E-state index contributed by atoms with van der Waals surface area (Å²) in [4.78, 5) is 12.0. The van der Waals surface area contributed by atoms with Gasteiger partial charge in [-0.05, 0) is 26.3 Å². The van der Waals surface area contributed by atoms with Gasteiger partial charge in [0, 0.05) is 11.5 Å². The Morgan fingerprint density at radius 1 is 1.44 bits per heavy atom. The van der Waals surface area contributed by atoms with E-state index in [0.29, 0.717) is 13.0 Å². The maximum absolute atomic E-state index is 12.0. The first-order chi connectivity index (χ1) is 8.41. The molecule has 104 valence electrons. The first-order valence-corrected chi connectivity index (χ1v) is 8.00. The summed E-state index contributed by atoms with van der Waals surface area (Å²) in [6.45, 7) is 4.08. The monoisotopic (exact) mass is 275 g/mol. The molecule has 1 rings (SSSR count). The van der Waals surface area contributed by atoms with Gasteiger partial charge >= 0.3 is 0 Å². The van der Waals surface area contributed by atoms with Gasteiger partial charge < -0.3 is 5.73 Å². The second kappa shape index (κ2) is 6.29. The van der Waals surface area contributed by atoms with Gasteiger partial charge in [-0.1, -0.05) is 6.92 Å². The van der Waals surface area contributed by atoms with Crippen LogP contribution >= 0.6 is 0 Å². The molecule has 1 heterocycles. The Balaban J connectivity index is 2.58. The average Bonchev–Trinajstić information content (AvgIpc) is 2.60. The zero-order valence-corrected chi connectivity index (χ0v) is 11.7. The quantitative estimate of drug-likeness (QED) is 0.707. The van der Waals surface area contributed by atoms with Crippen LogP contribution in [0.3, 0.4) is 0 Å². The first kappa shape index (κ1) is 15.1. The summed E-state index contributed by atoms with van der Waals surface area (Å²) in [6.07, 6.45) is 1.45. The van der Waals surface area contributed by atoms with Crippen LogP contribution < -0.4 is 5.73 Å². The lowest BCUT2D eigenvalue weighted by Crippen LogP contribution is -2.31. The Hall–Kier alpha value is -0.950. The van der Waals surface area contributed by atoms with Gasteiger partial charge in [-0.2, -0.15) is 5.10 Å². The van der Waals surface area contributed by atoms with Crippen LogP contribution in [0.1, 0.15) is 26.7 Å². The van der Waals surface area contributed by atoms with E-state index >= 15 is 0 Å². The fourth-order valence-electron chi connectivity index (χ4n) is 1.85.